The highest BCUT2D eigenvalue weighted by molar-refractivity contribution is 5.82. The van der Waals surface area contributed by atoms with Gasteiger partial charge in [0.25, 0.3) is 0 Å². The SMILES string of the molecule is CCCOc1ccc(C(C)(NCCOC)C(=O)OC)cc1. The fraction of sp³-hybridized carbons (Fsp3) is 0.562. The lowest BCUT2D eigenvalue weighted by molar-refractivity contribution is -0.148. The highest BCUT2D eigenvalue weighted by Gasteiger charge is 2.35. The summed E-state index contributed by atoms with van der Waals surface area (Å²) in [6, 6.07) is 7.48. The summed E-state index contributed by atoms with van der Waals surface area (Å²) in [7, 11) is 3.01. The lowest BCUT2D eigenvalue weighted by atomic mass is 9.92. The molecule has 0 saturated carbocycles. The van der Waals surface area contributed by atoms with E-state index in [0.717, 1.165) is 17.7 Å². The van der Waals surface area contributed by atoms with Crippen LogP contribution in [0.1, 0.15) is 25.8 Å². The Morgan fingerprint density at radius 2 is 1.86 bits per heavy atom. The van der Waals surface area contributed by atoms with E-state index in [9.17, 15) is 4.79 Å². The molecule has 0 heterocycles. The second-order valence-corrected chi connectivity index (χ2v) is 4.91. The van der Waals surface area contributed by atoms with E-state index in [1.165, 1.54) is 7.11 Å². The molecule has 1 N–H and O–H groups in total. The Labute approximate surface area is 126 Å². The van der Waals surface area contributed by atoms with Crippen LogP contribution >= 0.6 is 0 Å². The Morgan fingerprint density at radius 3 is 2.38 bits per heavy atom. The molecule has 5 nitrogen and oxygen atoms in total. The van der Waals surface area contributed by atoms with Crippen LogP contribution in [-0.4, -0.2) is 39.9 Å². The lowest BCUT2D eigenvalue weighted by Gasteiger charge is -2.28. The van der Waals surface area contributed by atoms with Crippen molar-refractivity contribution >= 4 is 5.97 Å². The Hall–Kier alpha value is -1.59. The number of hydrogen-bond donors (Lipinski definition) is 1. The number of rotatable bonds is 9. The van der Waals surface area contributed by atoms with Gasteiger partial charge in [0.1, 0.15) is 11.3 Å². The normalized spacial score (nSPS) is 13.5. The van der Waals surface area contributed by atoms with Gasteiger partial charge < -0.3 is 14.2 Å². The fourth-order valence-corrected chi connectivity index (χ4v) is 2.00. The molecular weight excluding hydrogens is 270 g/mol. The van der Waals surface area contributed by atoms with Crippen molar-refractivity contribution in [1.29, 1.82) is 0 Å². The first-order valence-corrected chi connectivity index (χ1v) is 7.14. The van der Waals surface area contributed by atoms with E-state index >= 15 is 0 Å². The molecule has 0 bridgehead atoms. The van der Waals surface area contributed by atoms with E-state index in [-0.39, 0.29) is 5.97 Å². The van der Waals surface area contributed by atoms with E-state index in [4.69, 9.17) is 14.2 Å². The van der Waals surface area contributed by atoms with E-state index in [1.807, 2.05) is 24.3 Å². The van der Waals surface area contributed by atoms with E-state index in [0.29, 0.717) is 19.8 Å². The molecule has 21 heavy (non-hydrogen) atoms. The third-order valence-electron chi connectivity index (χ3n) is 3.28. The predicted octanol–water partition coefficient (Wildman–Crippen LogP) is 2.10. The number of esters is 1. The van der Waals surface area contributed by atoms with Crippen molar-refractivity contribution < 1.29 is 19.0 Å². The van der Waals surface area contributed by atoms with Crippen LogP contribution in [0.3, 0.4) is 0 Å². The van der Waals surface area contributed by atoms with Crippen molar-refractivity contribution in [3.8, 4) is 5.75 Å². The van der Waals surface area contributed by atoms with Gasteiger partial charge >= 0.3 is 5.97 Å². The molecule has 1 rings (SSSR count). The summed E-state index contributed by atoms with van der Waals surface area (Å²) in [5.74, 6) is 0.463. The van der Waals surface area contributed by atoms with Crippen molar-refractivity contribution in [1.82, 2.24) is 5.32 Å². The zero-order valence-corrected chi connectivity index (χ0v) is 13.3. The lowest BCUT2D eigenvalue weighted by Crippen LogP contribution is -2.48. The molecule has 1 aromatic carbocycles. The van der Waals surface area contributed by atoms with Gasteiger partial charge in [-0.25, -0.2) is 4.79 Å². The summed E-state index contributed by atoms with van der Waals surface area (Å²) in [5, 5.41) is 3.19. The molecule has 0 fully saturated rings. The van der Waals surface area contributed by atoms with Crippen molar-refractivity contribution in [2.45, 2.75) is 25.8 Å². The van der Waals surface area contributed by atoms with Gasteiger partial charge in [0.05, 0.1) is 20.3 Å². The van der Waals surface area contributed by atoms with Gasteiger partial charge in [-0.1, -0.05) is 19.1 Å². The van der Waals surface area contributed by atoms with Gasteiger partial charge in [0.2, 0.25) is 0 Å². The Kier molecular flexibility index (Phi) is 7.19. The maximum atomic E-state index is 12.1. The van der Waals surface area contributed by atoms with Crippen LogP contribution in [-0.2, 0) is 19.8 Å². The molecule has 0 aliphatic rings. The molecular formula is C16H25NO4. The van der Waals surface area contributed by atoms with Crippen molar-refractivity contribution in [2.24, 2.45) is 0 Å². The van der Waals surface area contributed by atoms with Crippen LogP contribution in [0.5, 0.6) is 5.75 Å². The van der Waals surface area contributed by atoms with Crippen LogP contribution in [0.15, 0.2) is 24.3 Å². The number of nitrogens with one attached hydrogen (secondary N) is 1. The minimum absolute atomic E-state index is 0.333. The summed E-state index contributed by atoms with van der Waals surface area (Å²) < 4.78 is 15.5. The number of benzene rings is 1. The first kappa shape index (κ1) is 17.5. The standard InChI is InChI=1S/C16H25NO4/c1-5-11-21-14-8-6-13(7-9-14)16(2,15(18)20-4)17-10-12-19-3/h6-9,17H,5,10-12H2,1-4H3. The second-order valence-electron chi connectivity index (χ2n) is 4.91. The molecule has 118 valence electrons. The Morgan fingerprint density at radius 1 is 1.19 bits per heavy atom. The van der Waals surface area contributed by atoms with Gasteiger partial charge in [-0.3, -0.25) is 5.32 Å². The van der Waals surface area contributed by atoms with Gasteiger partial charge in [0.15, 0.2) is 0 Å². The highest BCUT2D eigenvalue weighted by atomic mass is 16.5. The maximum Gasteiger partial charge on any atom is 0.330 e. The smallest absolute Gasteiger partial charge is 0.330 e. The number of carbonyl (C=O) groups excluding carboxylic acids is 1. The largest absolute Gasteiger partial charge is 0.494 e. The van der Waals surface area contributed by atoms with Gasteiger partial charge in [0, 0.05) is 13.7 Å². The Bertz CT molecular complexity index is 432. The van der Waals surface area contributed by atoms with Crippen LogP contribution in [0.2, 0.25) is 0 Å². The Balaban J connectivity index is 2.89. The first-order chi connectivity index (χ1) is 10.1. The van der Waals surface area contributed by atoms with E-state index in [1.54, 1.807) is 14.0 Å². The molecule has 1 unspecified atom stereocenters. The number of ether oxygens (including phenoxy) is 3. The van der Waals surface area contributed by atoms with Crippen molar-refractivity contribution in [2.75, 3.05) is 34.0 Å². The number of hydrogen-bond acceptors (Lipinski definition) is 5. The highest BCUT2D eigenvalue weighted by Crippen LogP contribution is 2.24. The van der Waals surface area contributed by atoms with E-state index < -0.39 is 5.54 Å². The molecule has 0 spiro atoms. The van der Waals surface area contributed by atoms with E-state index in [2.05, 4.69) is 12.2 Å². The topological polar surface area (TPSA) is 56.8 Å². The van der Waals surface area contributed by atoms with Gasteiger partial charge in [-0.05, 0) is 31.0 Å². The van der Waals surface area contributed by atoms with Gasteiger partial charge in [-0.15, -0.1) is 0 Å². The van der Waals surface area contributed by atoms with Crippen molar-refractivity contribution in [3.63, 3.8) is 0 Å². The molecule has 0 saturated heterocycles. The third-order valence-corrected chi connectivity index (χ3v) is 3.28. The minimum atomic E-state index is -0.906. The third kappa shape index (κ3) is 4.72. The van der Waals surface area contributed by atoms with Gasteiger partial charge in [-0.2, -0.15) is 0 Å². The molecule has 0 aromatic heterocycles. The molecule has 0 amide bonds. The average Bonchev–Trinajstić information content (AvgIpc) is 2.52. The molecule has 0 aliphatic heterocycles. The quantitative estimate of drug-likeness (QED) is 0.558. The fourth-order valence-electron chi connectivity index (χ4n) is 2.00. The second kappa shape index (κ2) is 8.64. The number of carbonyl (C=O) groups is 1. The molecule has 0 aliphatic carbocycles. The monoisotopic (exact) mass is 295 g/mol. The molecule has 0 radical (unpaired) electrons. The zero-order chi connectivity index (χ0) is 15.7. The number of methoxy groups -OCH3 is 2. The summed E-state index contributed by atoms with van der Waals surface area (Å²) in [4.78, 5) is 12.1. The summed E-state index contributed by atoms with van der Waals surface area (Å²) >= 11 is 0. The summed E-state index contributed by atoms with van der Waals surface area (Å²) in [6.45, 7) is 5.61. The van der Waals surface area contributed by atoms with Crippen LogP contribution in [0.25, 0.3) is 0 Å². The molecule has 1 atom stereocenters. The van der Waals surface area contributed by atoms with Crippen LogP contribution in [0.4, 0.5) is 0 Å². The minimum Gasteiger partial charge on any atom is -0.494 e. The summed E-state index contributed by atoms with van der Waals surface area (Å²) in [5.41, 5.74) is -0.0781. The van der Waals surface area contributed by atoms with Crippen LogP contribution in [0, 0.1) is 0 Å². The maximum absolute atomic E-state index is 12.1. The van der Waals surface area contributed by atoms with Crippen molar-refractivity contribution in [3.05, 3.63) is 29.8 Å². The molecule has 5 heteroatoms. The summed E-state index contributed by atoms with van der Waals surface area (Å²) in [6.07, 6.45) is 0.959. The average molecular weight is 295 g/mol. The zero-order valence-electron chi connectivity index (χ0n) is 13.3. The van der Waals surface area contributed by atoms with Crippen LogP contribution < -0.4 is 10.1 Å². The first-order valence-electron chi connectivity index (χ1n) is 7.14. The predicted molar refractivity (Wildman–Crippen MR) is 81.5 cm³/mol. The molecule has 1 aromatic rings.